The summed E-state index contributed by atoms with van der Waals surface area (Å²) in [7, 11) is 0. The molecule has 15 heavy (non-hydrogen) atoms. The van der Waals surface area contributed by atoms with Gasteiger partial charge in [0.1, 0.15) is 0 Å². The van der Waals surface area contributed by atoms with E-state index < -0.39 is 0 Å². The first kappa shape index (κ1) is 11.4. The molecule has 1 saturated carbocycles. The third-order valence-electron chi connectivity index (χ3n) is 4.11. The normalized spacial score (nSPS) is 32.0. The molecule has 1 saturated heterocycles. The first-order chi connectivity index (χ1) is 6.91. The molecule has 0 aromatic rings. The molecule has 1 aliphatic carbocycles. The summed E-state index contributed by atoms with van der Waals surface area (Å²) in [6.45, 7) is 11.7. The lowest BCUT2D eigenvalue weighted by atomic mass is 9.89. The Morgan fingerprint density at radius 2 is 1.67 bits per heavy atom. The van der Waals surface area contributed by atoms with Crippen LogP contribution in [0, 0.1) is 0 Å². The zero-order valence-electron chi connectivity index (χ0n) is 10.8. The highest BCUT2D eigenvalue weighted by Gasteiger charge is 2.41. The smallest absolute Gasteiger partial charge is 0.0281 e. The molecule has 1 aliphatic heterocycles. The lowest BCUT2D eigenvalue weighted by Crippen LogP contribution is -2.67. The third kappa shape index (κ3) is 2.36. The molecule has 2 rings (SSSR count). The molecule has 2 aliphatic rings. The van der Waals surface area contributed by atoms with E-state index in [0.29, 0.717) is 5.54 Å². The SMILES string of the molecule is CC1(C)CN(C2CCCC2)C(C)(C)CN1. The van der Waals surface area contributed by atoms with E-state index in [2.05, 4.69) is 37.9 Å². The van der Waals surface area contributed by atoms with Crippen LogP contribution in [-0.4, -0.2) is 35.1 Å². The second kappa shape index (κ2) is 3.74. The Kier molecular flexibility index (Phi) is 2.85. The molecule has 0 spiro atoms. The molecule has 2 heteroatoms. The summed E-state index contributed by atoms with van der Waals surface area (Å²) in [4.78, 5) is 2.76. The fraction of sp³-hybridized carbons (Fsp3) is 1.00. The van der Waals surface area contributed by atoms with Crippen LogP contribution < -0.4 is 5.32 Å². The van der Waals surface area contributed by atoms with Crippen molar-refractivity contribution in [1.29, 1.82) is 0 Å². The number of nitrogens with zero attached hydrogens (tertiary/aromatic N) is 1. The topological polar surface area (TPSA) is 15.3 Å². The van der Waals surface area contributed by atoms with Gasteiger partial charge in [-0.15, -0.1) is 0 Å². The minimum Gasteiger partial charge on any atom is -0.309 e. The van der Waals surface area contributed by atoms with Gasteiger partial charge in [0, 0.05) is 30.2 Å². The molecule has 0 aromatic carbocycles. The molecule has 2 nitrogen and oxygen atoms in total. The third-order valence-corrected chi connectivity index (χ3v) is 4.11. The minimum absolute atomic E-state index is 0.290. The molecule has 0 unspecified atom stereocenters. The molecule has 88 valence electrons. The van der Waals surface area contributed by atoms with Crippen molar-refractivity contribution in [3.8, 4) is 0 Å². The van der Waals surface area contributed by atoms with Gasteiger partial charge in [-0.25, -0.2) is 0 Å². The molecule has 0 bridgehead atoms. The van der Waals surface area contributed by atoms with E-state index in [1.807, 2.05) is 0 Å². The van der Waals surface area contributed by atoms with E-state index in [1.165, 1.54) is 32.2 Å². The largest absolute Gasteiger partial charge is 0.309 e. The Labute approximate surface area is 94.4 Å². The Morgan fingerprint density at radius 3 is 2.27 bits per heavy atom. The summed E-state index contributed by atoms with van der Waals surface area (Å²) in [5.41, 5.74) is 0.628. The van der Waals surface area contributed by atoms with E-state index in [1.54, 1.807) is 0 Å². The van der Waals surface area contributed by atoms with Crippen molar-refractivity contribution in [1.82, 2.24) is 10.2 Å². The monoisotopic (exact) mass is 210 g/mol. The first-order valence-corrected chi connectivity index (χ1v) is 6.43. The molecule has 0 aromatic heterocycles. The quantitative estimate of drug-likeness (QED) is 0.715. The van der Waals surface area contributed by atoms with Crippen LogP contribution in [0.25, 0.3) is 0 Å². The van der Waals surface area contributed by atoms with Gasteiger partial charge in [0.05, 0.1) is 0 Å². The number of hydrogen-bond donors (Lipinski definition) is 1. The number of rotatable bonds is 1. The standard InChI is InChI=1S/C13H26N2/c1-12(2)10-15(11-7-5-6-8-11)13(3,4)9-14-12/h11,14H,5-10H2,1-4H3. The van der Waals surface area contributed by atoms with Crippen LogP contribution in [0.15, 0.2) is 0 Å². The van der Waals surface area contributed by atoms with Crippen LogP contribution in [0.2, 0.25) is 0 Å². The van der Waals surface area contributed by atoms with Crippen molar-refractivity contribution in [2.75, 3.05) is 13.1 Å². The van der Waals surface area contributed by atoms with Crippen LogP contribution in [0.3, 0.4) is 0 Å². The molecule has 0 radical (unpaired) electrons. The Hall–Kier alpha value is -0.0800. The summed E-state index contributed by atoms with van der Waals surface area (Å²) in [5.74, 6) is 0. The average molecular weight is 210 g/mol. The van der Waals surface area contributed by atoms with E-state index in [0.717, 1.165) is 12.6 Å². The first-order valence-electron chi connectivity index (χ1n) is 6.43. The number of piperazine rings is 1. The fourth-order valence-corrected chi connectivity index (χ4v) is 3.09. The predicted octanol–water partition coefficient (Wildman–Crippen LogP) is 2.39. The second-order valence-corrected chi connectivity index (χ2v) is 6.62. The lowest BCUT2D eigenvalue weighted by molar-refractivity contribution is 0.00470. The van der Waals surface area contributed by atoms with Crippen LogP contribution in [0.4, 0.5) is 0 Å². The average Bonchev–Trinajstić information content (AvgIpc) is 2.62. The van der Waals surface area contributed by atoms with E-state index >= 15 is 0 Å². The Bertz CT molecular complexity index is 227. The highest BCUT2D eigenvalue weighted by atomic mass is 15.3. The van der Waals surface area contributed by atoms with Gasteiger partial charge in [-0.1, -0.05) is 12.8 Å². The van der Waals surface area contributed by atoms with E-state index in [-0.39, 0.29) is 5.54 Å². The fourth-order valence-electron chi connectivity index (χ4n) is 3.09. The van der Waals surface area contributed by atoms with Crippen molar-refractivity contribution in [3.63, 3.8) is 0 Å². The van der Waals surface area contributed by atoms with Crippen LogP contribution in [0.5, 0.6) is 0 Å². The van der Waals surface area contributed by atoms with E-state index in [9.17, 15) is 0 Å². The van der Waals surface area contributed by atoms with Crippen molar-refractivity contribution in [2.45, 2.75) is 70.5 Å². The molecule has 0 amide bonds. The van der Waals surface area contributed by atoms with E-state index in [4.69, 9.17) is 0 Å². The number of nitrogens with one attached hydrogen (secondary N) is 1. The maximum Gasteiger partial charge on any atom is 0.0281 e. The van der Waals surface area contributed by atoms with Gasteiger partial charge in [-0.2, -0.15) is 0 Å². The molecular weight excluding hydrogens is 184 g/mol. The molecule has 2 fully saturated rings. The van der Waals surface area contributed by atoms with Crippen molar-refractivity contribution >= 4 is 0 Å². The summed E-state index contributed by atoms with van der Waals surface area (Å²) >= 11 is 0. The highest BCUT2D eigenvalue weighted by molar-refractivity contribution is 5.00. The van der Waals surface area contributed by atoms with Crippen molar-refractivity contribution in [2.24, 2.45) is 0 Å². The van der Waals surface area contributed by atoms with Gasteiger partial charge in [-0.05, 0) is 40.5 Å². The number of hydrogen-bond acceptors (Lipinski definition) is 2. The van der Waals surface area contributed by atoms with Gasteiger partial charge in [0.15, 0.2) is 0 Å². The molecular formula is C13H26N2. The minimum atomic E-state index is 0.290. The van der Waals surface area contributed by atoms with Gasteiger partial charge >= 0.3 is 0 Å². The highest BCUT2D eigenvalue weighted by Crippen LogP contribution is 2.32. The molecule has 0 atom stereocenters. The van der Waals surface area contributed by atoms with Gasteiger partial charge < -0.3 is 5.32 Å². The van der Waals surface area contributed by atoms with Gasteiger partial charge in [0.2, 0.25) is 0 Å². The summed E-state index contributed by atoms with van der Waals surface area (Å²) in [6.07, 6.45) is 5.70. The van der Waals surface area contributed by atoms with Crippen LogP contribution in [0.1, 0.15) is 53.4 Å². The predicted molar refractivity (Wildman–Crippen MR) is 65.1 cm³/mol. The molecule has 1 heterocycles. The van der Waals surface area contributed by atoms with Crippen LogP contribution in [-0.2, 0) is 0 Å². The zero-order chi connectivity index (χ0) is 11.1. The van der Waals surface area contributed by atoms with Gasteiger partial charge in [-0.3, -0.25) is 4.90 Å². The Balaban J connectivity index is 2.10. The summed E-state index contributed by atoms with van der Waals surface area (Å²) in [6, 6.07) is 0.848. The Morgan fingerprint density at radius 1 is 1.07 bits per heavy atom. The lowest BCUT2D eigenvalue weighted by Gasteiger charge is -2.52. The van der Waals surface area contributed by atoms with Crippen LogP contribution >= 0.6 is 0 Å². The maximum absolute atomic E-state index is 3.66. The van der Waals surface area contributed by atoms with Gasteiger partial charge in [0.25, 0.3) is 0 Å². The summed E-state index contributed by atoms with van der Waals surface area (Å²) in [5, 5.41) is 3.66. The second-order valence-electron chi connectivity index (χ2n) is 6.62. The van der Waals surface area contributed by atoms with Crippen molar-refractivity contribution in [3.05, 3.63) is 0 Å². The van der Waals surface area contributed by atoms with Crippen molar-refractivity contribution < 1.29 is 0 Å². The molecule has 1 N–H and O–H groups in total. The summed E-state index contributed by atoms with van der Waals surface area (Å²) < 4.78 is 0. The maximum atomic E-state index is 3.66. The zero-order valence-corrected chi connectivity index (χ0v) is 10.8.